The summed E-state index contributed by atoms with van der Waals surface area (Å²) < 4.78 is 8.85. The Hall–Kier alpha value is -6.94. The standard InChI is InChI=1S/C52H33NOS/c1-2-16-40-34(12-1)13-10-20-41(40)35-26-29-38(30-27-35)53(39-15-9-14-36(32-39)43-21-11-22-46-45-19-5-8-25-51(45)55-52(43)46)48-23-6-3-17-42(48)37-28-31-50-47(33-37)44-18-4-7-24-49(44)54-50/h1-33H. The molecule has 0 saturated heterocycles. The van der Waals surface area contributed by atoms with Crippen LogP contribution in [0.25, 0.3) is 86.3 Å². The highest BCUT2D eigenvalue weighted by Crippen LogP contribution is 2.45. The zero-order valence-electron chi connectivity index (χ0n) is 29.8. The zero-order chi connectivity index (χ0) is 36.3. The van der Waals surface area contributed by atoms with E-state index >= 15 is 0 Å². The van der Waals surface area contributed by atoms with Crippen molar-refractivity contribution in [3.05, 3.63) is 200 Å². The maximum atomic E-state index is 6.23. The molecule has 0 fully saturated rings. The minimum absolute atomic E-state index is 0.895. The van der Waals surface area contributed by atoms with Gasteiger partial charge in [0.25, 0.3) is 0 Å². The molecule has 0 unspecified atom stereocenters. The lowest BCUT2D eigenvalue weighted by molar-refractivity contribution is 0.669. The number of furan rings is 1. The number of benzene rings is 9. The lowest BCUT2D eigenvalue weighted by atomic mass is 9.97. The molecular formula is C52H33NOS. The van der Waals surface area contributed by atoms with E-state index in [-0.39, 0.29) is 0 Å². The van der Waals surface area contributed by atoms with Crippen LogP contribution in [0.2, 0.25) is 0 Å². The van der Waals surface area contributed by atoms with Crippen LogP contribution in [0, 0.1) is 0 Å². The van der Waals surface area contributed by atoms with Gasteiger partial charge in [-0.3, -0.25) is 0 Å². The summed E-state index contributed by atoms with van der Waals surface area (Å²) in [6.45, 7) is 0. The van der Waals surface area contributed by atoms with Crippen molar-refractivity contribution >= 4 is 81.3 Å². The number of rotatable bonds is 6. The zero-order valence-corrected chi connectivity index (χ0v) is 30.6. The quantitative estimate of drug-likeness (QED) is 0.170. The molecule has 0 radical (unpaired) electrons. The van der Waals surface area contributed by atoms with Crippen LogP contribution in [0.3, 0.4) is 0 Å². The molecule has 0 N–H and O–H groups in total. The van der Waals surface area contributed by atoms with Gasteiger partial charge >= 0.3 is 0 Å². The third-order valence-electron chi connectivity index (χ3n) is 10.9. The van der Waals surface area contributed by atoms with Gasteiger partial charge in [0, 0.05) is 47.9 Å². The summed E-state index contributed by atoms with van der Waals surface area (Å²) in [5.74, 6) is 0. The molecule has 0 atom stereocenters. The first kappa shape index (κ1) is 31.6. The normalized spacial score (nSPS) is 11.6. The molecule has 11 aromatic rings. The molecule has 3 heteroatoms. The van der Waals surface area contributed by atoms with Crippen LogP contribution in [0.15, 0.2) is 205 Å². The average Bonchev–Trinajstić information content (AvgIpc) is 3.82. The van der Waals surface area contributed by atoms with Gasteiger partial charge in [-0.15, -0.1) is 11.3 Å². The third kappa shape index (κ3) is 5.32. The summed E-state index contributed by atoms with van der Waals surface area (Å²) >= 11 is 1.87. The van der Waals surface area contributed by atoms with Crippen LogP contribution in [-0.2, 0) is 0 Å². The van der Waals surface area contributed by atoms with E-state index in [2.05, 4.69) is 193 Å². The van der Waals surface area contributed by atoms with Crippen molar-refractivity contribution in [2.75, 3.05) is 4.90 Å². The van der Waals surface area contributed by atoms with Gasteiger partial charge in [0.05, 0.1) is 5.69 Å². The minimum atomic E-state index is 0.895. The second kappa shape index (κ2) is 12.9. The Morgan fingerprint density at radius 3 is 1.93 bits per heavy atom. The Bertz CT molecular complexity index is 3220. The van der Waals surface area contributed by atoms with Crippen LogP contribution < -0.4 is 4.90 Å². The Morgan fingerprint density at radius 2 is 1.00 bits per heavy atom. The van der Waals surface area contributed by atoms with Crippen molar-refractivity contribution in [1.29, 1.82) is 0 Å². The molecule has 11 rings (SSSR count). The average molecular weight is 720 g/mol. The molecule has 0 aliphatic carbocycles. The Kier molecular flexibility index (Phi) is 7.39. The van der Waals surface area contributed by atoms with E-state index in [1.54, 1.807) is 0 Å². The van der Waals surface area contributed by atoms with Crippen LogP contribution in [0.1, 0.15) is 0 Å². The number of fused-ring (bicyclic) bond motifs is 7. The number of para-hydroxylation sites is 2. The van der Waals surface area contributed by atoms with Gasteiger partial charge in [-0.1, -0.05) is 146 Å². The first-order valence-corrected chi connectivity index (χ1v) is 19.5. The highest BCUT2D eigenvalue weighted by molar-refractivity contribution is 7.26. The maximum Gasteiger partial charge on any atom is 0.135 e. The van der Waals surface area contributed by atoms with Gasteiger partial charge in [-0.05, 0) is 93.2 Å². The lowest BCUT2D eigenvalue weighted by Gasteiger charge is -2.28. The van der Waals surface area contributed by atoms with Crippen molar-refractivity contribution in [2.24, 2.45) is 0 Å². The fourth-order valence-electron chi connectivity index (χ4n) is 8.29. The number of anilines is 3. The van der Waals surface area contributed by atoms with Crippen molar-refractivity contribution in [1.82, 2.24) is 0 Å². The van der Waals surface area contributed by atoms with Gasteiger partial charge in [0.2, 0.25) is 0 Å². The molecule has 2 nitrogen and oxygen atoms in total. The summed E-state index contributed by atoms with van der Waals surface area (Å²) in [5, 5.41) is 7.35. The van der Waals surface area contributed by atoms with Crippen LogP contribution in [0.5, 0.6) is 0 Å². The summed E-state index contributed by atoms with van der Waals surface area (Å²) in [6.07, 6.45) is 0. The SMILES string of the molecule is c1cc(-c2cccc3c2sc2ccccc23)cc(N(c2ccc(-c3cccc4ccccc34)cc2)c2ccccc2-c2ccc3oc4ccccc4c3c2)c1. The summed E-state index contributed by atoms with van der Waals surface area (Å²) in [6, 6.07) is 72.3. The van der Waals surface area contributed by atoms with Crippen molar-refractivity contribution < 1.29 is 4.42 Å². The topological polar surface area (TPSA) is 16.4 Å². The second-order valence-electron chi connectivity index (χ2n) is 14.1. The molecule has 258 valence electrons. The molecule has 0 aliphatic heterocycles. The maximum absolute atomic E-state index is 6.23. The van der Waals surface area contributed by atoms with Gasteiger partial charge < -0.3 is 9.32 Å². The molecule has 0 bridgehead atoms. The van der Waals surface area contributed by atoms with Gasteiger partial charge in [-0.25, -0.2) is 0 Å². The van der Waals surface area contributed by atoms with Gasteiger partial charge in [0.1, 0.15) is 11.2 Å². The fourth-order valence-corrected chi connectivity index (χ4v) is 9.53. The Labute approximate surface area is 322 Å². The smallest absolute Gasteiger partial charge is 0.135 e. The predicted octanol–water partition coefficient (Wildman–Crippen LogP) is 15.6. The molecule has 0 amide bonds. The number of hydrogen-bond acceptors (Lipinski definition) is 3. The molecule has 9 aromatic carbocycles. The molecule has 0 aliphatic rings. The molecule has 2 aromatic heterocycles. The monoisotopic (exact) mass is 719 g/mol. The fraction of sp³-hybridized carbons (Fsp3) is 0. The van der Waals surface area contributed by atoms with E-state index in [0.29, 0.717) is 0 Å². The van der Waals surface area contributed by atoms with Gasteiger partial charge in [0.15, 0.2) is 0 Å². The largest absolute Gasteiger partial charge is 0.456 e. The minimum Gasteiger partial charge on any atom is -0.456 e. The first-order valence-electron chi connectivity index (χ1n) is 18.7. The highest BCUT2D eigenvalue weighted by Gasteiger charge is 2.20. The summed E-state index contributed by atoms with van der Waals surface area (Å²) in [7, 11) is 0. The molecule has 0 saturated carbocycles. The van der Waals surface area contributed by atoms with Crippen molar-refractivity contribution in [3.63, 3.8) is 0 Å². The second-order valence-corrected chi connectivity index (χ2v) is 15.1. The number of hydrogen-bond donors (Lipinski definition) is 0. The van der Waals surface area contributed by atoms with E-state index < -0.39 is 0 Å². The number of nitrogens with zero attached hydrogens (tertiary/aromatic N) is 1. The van der Waals surface area contributed by atoms with E-state index in [1.807, 2.05) is 23.5 Å². The van der Waals surface area contributed by atoms with E-state index in [4.69, 9.17) is 4.42 Å². The number of thiophene rings is 1. The van der Waals surface area contributed by atoms with Crippen molar-refractivity contribution in [2.45, 2.75) is 0 Å². The predicted molar refractivity (Wildman–Crippen MR) is 235 cm³/mol. The molecule has 55 heavy (non-hydrogen) atoms. The summed E-state index contributed by atoms with van der Waals surface area (Å²) in [4.78, 5) is 2.41. The van der Waals surface area contributed by atoms with Crippen LogP contribution in [-0.4, -0.2) is 0 Å². The van der Waals surface area contributed by atoms with Crippen LogP contribution >= 0.6 is 11.3 Å². The van der Waals surface area contributed by atoms with E-state index in [0.717, 1.165) is 50.1 Å². The first-order chi connectivity index (χ1) is 27.3. The Morgan fingerprint density at radius 1 is 0.364 bits per heavy atom. The molecular weight excluding hydrogens is 687 g/mol. The van der Waals surface area contributed by atoms with E-state index in [1.165, 1.54) is 53.2 Å². The summed E-state index contributed by atoms with van der Waals surface area (Å²) in [5.41, 5.74) is 12.2. The van der Waals surface area contributed by atoms with Gasteiger partial charge in [-0.2, -0.15) is 0 Å². The third-order valence-corrected chi connectivity index (χ3v) is 12.1. The van der Waals surface area contributed by atoms with Crippen molar-refractivity contribution in [3.8, 4) is 33.4 Å². The Balaban J connectivity index is 1.10. The molecule has 2 heterocycles. The highest BCUT2D eigenvalue weighted by atomic mass is 32.1. The molecule has 0 spiro atoms. The lowest BCUT2D eigenvalue weighted by Crippen LogP contribution is -2.11. The van der Waals surface area contributed by atoms with Crippen LogP contribution in [0.4, 0.5) is 17.1 Å². The van der Waals surface area contributed by atoms with E-state index in [9.17, 15) is 0 Å².